The van der Waals surface area contributed by atoms with Crippen LogP contribution in [0.4, 0.5) is 4.79 Å². The number of amides is 3. The lowest BCUT2D eigenvalue weighted by atomic mass is 10.1. The Balaban J connectivity index is 2.07. The molecule has 0 aliphatic carbocycles. The fourth-order valence-electron chi connectivity index (χ4n) is 2.94. The molecule has 0 radical (unpaired) electrons. The van der Waals surface area contributed by atoms with Crippen LogP contribution < -0.4 is 10.1 Å². The van der Waals surface area contributed by atoms with E-state index in [0.717, 1.165) is 11.3 Å². The first-order chi connectivity index (χ1) is 12.6. The minimum absolute atomic E-state index is 0.0249. The van der Waals surface area contributed by atoms with Gasteiger partial charge in [0.1, 0.15) is 11.1 Å². The second kappa shape index (κ2) is 8.87. The Morgan fingerprint density at radius 2 is 1.96 bits per heavy atom. The second-order valence-corrected chi connectivity index (χ2v) is 9.06. The molecule has 0 aromatic heterocycles. The molecule has 7 heteroatoms. The van der Waals surface area contributed by atoms with Gasteiger partial charge in [-0.15, -0.1) is 11.8 Å². The molecule has 2 rings (SSSR count). The standard InChI is InChI=1S/C20H31N3O3S/c1-14(2)22(19(25)21-20(3,4)5)11-12-23-17(24)13-27-18(23)15-7-9-16(26-6)10-8-15/h7-10,14,18H,11-13H2,1-6H3,(H,21,25). The predicted molar refractivity (Wildman–Crippen MR) is 110 cm³/mol. The highest BCUT2D eigenvalue weighted by Gasteiger charge is 2.33. The van der Waals surface area contributed by atoms with Crippen molar-refractivity contribution in [1.29, 1.82) is 0 Å². The molecule has 1 fully saturated rings. The number of carbonyl (C=O) groups excluding carboxylic acids is 2. The van der Waals surface area contributed by atoms with Gasteiger partial charge in [-0.05, 0) is 52.3 Å². The average molecular weight is 394 g/mol. The molecular weight excluding hydrogens is 362 g/mol. The number of hydrogen-bond acceptors (Lipinski definition) is 4. The maximum atomic E-state index is 12.6. The van der Waals surface area contributed by atoms with E-state index in [1.165, 1.54) is 0 Å². The molecule has 1 aromatic rings. The molecule has 27 heavy (non-hydrogen) atoms. The summed E-state index contributed by atoms with van der Waals surface area (Å²) in [6.07, 6.45) is 0. The quantitative estimate of drug-likeness (QED) is 0.804. The molecule has 150 valence electrons. The molecule has 6 nitrogen and oxygen atoms in total. The normalized spacial score (nSPS) is 17.4. The topological polar surface area (TPSA) is 61.9 Å². The van der Waals surface area contributed by atoms with E-state index in [-0.39, 0.29) is 28.9 Å². The first-order valence-corrected chi connectivity index (χ1v) is 10.3. The lowest BCUT2D eigenvalue weighted by molar-refractivity contribution is -0.128. The zero-order valence-electron chi connectivity index (χ0n) is 17.1. The smallest absolute Gasteiger partial charge is 0.318 e. The summed E-state index contributed by atoms with van der Waals surface area (Å²) in [5, 5.41) is 2.98. The number of ether oxygens (including phenoxy) is 1. The first kappa shape index (κ1) is 21.4. The van der Waals surface area contributed by atoms with E-state index in [1.54, 1.807) is 23.8 Å². The third-order valence-corrected chi connectivity index (χ3v) is 5.57. The van der Waals surface area contributed by atoms with Gasteiger partial charge in [0.15, 0.2) is 0 Å². The summed E-state index contributed by atoms with van der Waals surface area (Å²) in [5.41, 5.74) is 0.775. The van der Waals surface area contributed by atoms with Gasteiger partial charge in [-0.1, -0.05) is 12.1 Å². The lowest BCUT2D eigenvalue weighted by Crippen LogP contribution is -2.52. The second-order valence-electron chi connectivity index (χ2n) is 7.99. The Kier molecular flexibility index (Phi) is 7.03. The maximum absolute atomic E-state index is 12.6. The molecule has 1 heterocycles. The predicted octanol–water partition coefficient (Wildman–Crippen LogP) is 3.49. The SMILES string of the molecule is COc1ccc(C2SCC(=O)N2CCN(C(=O)NC(C)(C)C)C(C)C)cc1. The van der Waals surface area contributed by atoms with Crippen LogP contribution in [-0.4, -0.2) is 59.3 Å². The molecular formula is C20H31N3O3S. The molecule has 1 aromatic carbocycles. The molecule has 0 spiro atoms. The van der Waals surface area contributed by atoms with Crippen LogP contribution in [0.5, 0.6) is 5.75 Å². The molecule has 3 amide bonds. The number of nitrogens with zero attached hydrogens (tertiary/aromatic N) is 2. The molecule has 0 saturated carbocycles. The highest BCUT2D eigenvalue weighted by Crippen LogP contribution is 2.38. The minimum atomic E-state index is -0.296. The van der Waals surface area contributed by atoms with Crippen LogP contribution >= 0.6 is 11.8 Å². The van der Waals surface area contributed by atoms with Crippen LogP contribution in [0, 0.1) is 0 Å². The van der Waals surface area contributed by atoms with Crippen molar-refractivity contribution in [3.05, 3.63) is 29.8 Å². The fraction of sp³-hybridized carbons (Fsp3) is 0.600. The van der Waals surface area contributed by atoms with Gasteiger partial charge in [0, 0.05) is 24.7 Å². The molecule has 1 saturated heterocycles. The highest BCUT2D eigenvalue weighted by molar-refractivity contribution is 8.00. The van der Waals surface area contributed by atoms with Gasteiger partial charge in [0.25, 0.3) is 0 Å². The average Bonchev–Trinajstić information content (AvgIpc) is 2.94. The van der Waals surface area contributed by atoms with Crippen molar-refractivity contribution < 1.29 is 14.3 Å². The van der Waals surface area contributed by atoms with Gasteiger partial charge in [0.2, 0.25) is 5.91 Å². The number of rotatable bonds is 6. The minimum Gasteiger partial charge on any atom is -0.497 e. The number of benzene rings is 1. The molecule has 1 unspecified atom stereocenters. The largest absolute Gasteiger partial charge is 0.497 e. The van der Waals surface area contributed by atoms with E-state index in [1.807, 2.05) is 63.8 Å². The van der Waals surface area contributed by atoms with Gasteiger partial charge in [-0.25, -0.2) is 4.79 Å². The summed E-state index contributed by atoms with van der Waals surface area (Å²) >= 11 is 1.62. The Morgan fingerprint density at radius 1 is 1.33 bits per heavy atom. The van der Waals surface area contributed by atoms with Crippen molar-refractivity contribution in [3.63, 3.8) is 0 Å². The number of hydrogen-bond donors (Lipinski definition) is 1. The lowest BCUT2D eigenvalue weighted by Gasteiger charge is -2.33. The van der Waals surface area contributed by atoms with Gasteiger partial charge in [0.05, 0.1) is 12.9 Å². The van der Waals surface area contributed by atoms with Crippen molar-refractivity contribution in [2.75, 3.05) is 26.0 Å². The molecule has 1 atom stereocenters. The van der Waals surface area contributed by atoms with Crippen LogP contribution in [0.1, 0.15) is 45.6 Å². The Labute approximate surface area is 166 Å². The highest BCUT2D eigenvalue weighted by atomic mass is 32.2. The van der Waals surface area contributed by atoms with Gasteiger partial charge in [-0.2, -0.15) is 0 Å². The summed E-state index contributed by atoms with van der Waals surface area (Å²) in [5.74, 6) is 1.37. The number of nitrogens with one attached hydrogen (secondary N) is 1. The van der Waals surface area contributed by atoms with E-state index < -0.39 is 0 Å². The Bertz CT molecular complexity index is 655. The van der Waals surface area contributed by atoms with E-state index in [9.17, 15) is 9.59 Å². The third-order valence-electron chi connectivity index (χ3n) is 4.32. The zero-order chi connectivity index (χ0) is 20.2. The summed E-state index contributed by atoms with van der Waals surface area (Å²) < 4.78 is 5.21. The van der Waals surface area contributed by atoms with Crippen molar-refractivity contribution >= 4 is 23.7 Å². The maximum Gasteiger partial charge on any atom is 0.318 e. The number of urea groups is 1. The number of methoxy groups -OCH3 is 1. The van der Waals surface area contributed by atoms with E-state index in [0.29, 0.717) is 18.8 Å². The van der Waals surface area contributed by atoms with Crippen LogP contribution in [0.3, 0.4) is 0 Å². The van der Waals surface area contributed by atoms with Crippen LogP contribution in [0.15, 0.2) is 24.3 Å². The summed E-state index contributed by atoms with van der Waals surface area (Å²) in [4.78, 5) is 28.7. The summed E-state index contributed by atoms with van der Waals surface area (Å²) in [6, 6.07) is 7.76. The van der Waals surface area contributed by atoms with Gasteiger partial charge < -0.3 is 19.9 Å². The van der Waals surface area contributed by atoms with Crippen molar-refractivity contribution in [2.24, 2.45) is 0 Å². The zero-order valence-corrected chi connectivity index (χ0v) is 17.9. The molecule has 0 bridgehead atoms. The fourth-order valence-corrected chi connectivity index (χ4v) is 4.16. The van der Waals surface area contributed by atoms with Crippen LogP contribution in [-0.2, 0) is 4.79 Å². The molecule has 1 N–H and O–H groups in total. The Hall–Kier alpha value is -1.89. The van der Waals surface area contributed by atoms with Gasteiger partial charge in [-0.3, -0.25) is 4.79 Å². The van der Waals surface area contributed by atoms with E-state index in [4.69, 9.17) is 4.74 Å². The van der Waals surface area contributed by atoms with E-state index in [2.05, 4.69) is 5.32 Å². The Morgan fingerprint density at radius 3 is 2.48 bits per heavy atom. The van der Waals surface area contributed by atoms with Gasteiger partial charge >= 0.3 is 6.03 Å². The van der Waals surface area contributed by atoms with Crippen molar-refractivity contribution in [2.45, 2.75) is 51.6 Å². The molecule has 1 aliphatic heterocycles. The van der Waals surface area contributed by atoms with Crippen molar-refractivity contribution in [3.8, 4) is 5.75 Å². The molecule has 1 aliphatic rings. The number of carbonyl (C=O) groups is 2. The summed E-state index contributed by atoms with van der Waals surface area (Å²) in [6.45, 7) is 10.9. The van der Waals surface area contributed by atoms with E-state index >= 15 is 0 Å². The first-order valence-electron chi connectivity index (χ1n) is 9.26. The van der Waals surface area contributed by atoms with Crippen LogP contribution in [0.25, 0.3) is 0 Å². The third kappa shape index (κ3) is 5.79. The summed E-state index contributed by atoms with van der Waals surface area (Å²) in [7, 11) is 1.64. The number of thioether (sulfide) groups is 1. The van der Waals surface area contributed by atoms with Crippen LogP contribution in [0.2, 0.25) is 0 Å². The monoisotopic (exact) mass is 393 g/mol. The van der Waals surface area contributed by atoms with Crippen molar-refractivity contribution in [1.82, 2.24) is 15.1 Å².